The van der Waals surface area contributed by atoms with E-state index < -0.39 is 6.03 Å². The van der Waals surface area contributed by atoms with Gasteiger partial charge in [-0.15, -0.1) is 0 Å². The summed E-state index contributed by atoms with van der Waals surface area (Å²) >= 11 is 11.3. The molecule has 2 amide bonds. The van der Waals surface area contributed by atoms with E-state index in [0.717, 1.165) is 12.8 Å². The predicted octanol–water partition coefficient (Wildman–Crippen LogP) is 2.44. The van der Waals surface area contributed by atoms with Crippen molar-refractivity contribution in [2.45, 2.75) is 19.8 Å². The largest absolute Gasteiger partial charge is 0.426 e. The van der Waals surface area contributed by atoms with Crippen molar-refractivity contribution in [1.82, 2.24) is 10.0 Å². The molecular weight excluding hydrogens is 265 g/mol. The monoisotopic (exact) mass is 277 g/mol. The summed E-state index contributed by atoms with van der Waals surface area (Å²) in [6.45, 7) is 2.60. The number of urea groups is 1. The van der Waals surface area contributed by atoms with Crippen LogP contribution in [0.4, 0.5) is 4.79 Å². The van der Waals surface area contributed by atoms with Gasteiger partial charge in [0.1, 0.15) is 10.3 Å². The standard InChI is InChI=1S/C10H13Cl2N3O2/c1-2-3-4-13-10(16)14-7-5-8(11)15(17)9(12)6-7/h5-6,17H,2-4H2,1H3,(H,13,16). The van der Waals surface area contributed by atoms with Gasteiger partial charge < -0.3 is 10.5 Å². The predicted molar refractivity (Wildman–Crippen MR) is 65.5 cm³/mol. The fraction of sp³-hybridized carbons (Fsp3) is 0.400. The molecule has 7 heteroatoms. The highest BCUT2D eigenvalue weighted by Crippen LogP contribution is 2.10. The Morgan fingerprint density at radius 3 is 2.59 bits per heavy atom. The zero-order chi connectivity index (χ0) is 12.8. The highest BCUT2D eigenvalue weighted by molar-refractivity contribution is 6.32. The molecule has 0 bridgehead atoms. The van der Waals surface area contributed by atoms with Crippen LogP contribution in [0.3, 0.4) is 0 Å². The van der Waals surface area contributed by atoms with Gasteiger partial charge in [-0.25, -0.2) is 4.79 Å². The average molecular weight is 278 g/mol. The topological polar surface area (TPSA) is 66.6 Å². The highest BCUT2D eigenvalue weighted by Gasteiger charge is 2.02. The number of rotatable bonds is 3. The number of nitrogens with zero attached hydrogens (tertiary/aromatic N) is 2. The molecule has 0 aliphatic rings. The lowest BCUT2D eigenvalue weighted by Gasteiger charge is -2.02. The molecule has 0 atom stereocenters. The lowest BCUT2D eigenvalue weighted by molar-refractivity contribution is 0.185. The van der Waals surface area contributed by atoms with Crippen molar-refractivity contribution in [3.8, 4) is 0 Å². The van der Waals surface area contributed by atoms with Crippen LogP contribution >= 0.6 is 23.2 Å². The van der Waals surface area contributed by atoms with Gasteiger partial charge in [0.25, 0.3) is 0 Å². The Kier molecular flexibility index (Phi) is 5.31. The van der Waals surface area contributed by atoms with E-state index in [-0.39, 0.29) is 10.3 Å². The number of hydrogen-bond donors (Lipinski definition) is 2. The molecule has 5 nitrogen and oxygen atoms in total. The Bertz CT molecular complexity index is 445. The Morgan fingerprint density at radius 2 is 2.06 bits per heavy atom. The zero-order valence-electron chi connectivity index (χ0n) is 9.28. The fourth-order valence-electron chi connectivity index (χ4n) is 1.10. The Balaban J connectivity index is 2.82. The third kappa shape index (κ3) is 4.28. The van der Waals surface area contributed by atoms with Gasteiger partial charge >= 0.3 is 6.03 Å². The molecule has 2 N–H and O–H groups in total. The average Bonchev–Trinajstić information content (AvgIpc) is 2.26. The van der Waals surface area contributed by atoms with Crippen LogP contribution in [0, 0.1) is 0 Å². The van der Waals surface area contributed by atoms with Crippen molar-refractivity contribution in [2.24, 2.45) is 4.99 Å². The number of carbonyl (C=O) groups excluding carboxylic acids is 1. The molecule has 1 aromatic rings. The Morgan fingerprint density at radius 1 is 1.47 bits per heavy atom. The molecule has 0 aliphatic heterocycles. The minimum Gasteiger partial charge on any atom is -0.426 e. The summed E-state index contributed by atoms with van der Waals surface area (Å²) in [6, 6.07) is 2.22. The second-order valence-electron chi connectivity index (χ2n) is 3.37. The first-order chi connectivity index (χ1) is 8.04. The molecule has 0 aliphatic carbocycles. The summed E-state index contributed by atoms with van der Waals surface area (Å²) in [5, 5.41) is 12.1. The van der Waals surface area contributed by atoms with E-state index >= 15 is 0 Å². The van der Waals surface area contributed by atoms with Crippen molar-refractivity contribution in [3.63, 3.8) is 0 Å². The lowest BCUT2D eigenvalue weighted by Crippen LogP contribution is -2.23. The van der Waals surface area contributed by atoms with Crippen molar-refractivity contribution < 1.29 is 10.0 Å². The Labute approximate surface area is 109 Å². The van der Waals surface area contributed by atoms with Crippen molar-refractivity contribution in [2.75, 3.05) is 6.54 Å². The summed E-state index contributed by atoms with van der Waals surface area (Å²) in [5.41, 5.74) is 0. The van der Waals surface area contributed by atoms with E-state index in [2.05, 4.69) is 10.3 Å². The van der Waals surface area contributed by atoms with Gasteiger partial charge in [-0.1, -0.05) is 36.5 Å². The van der Waals surface area contributed by atoms with Gasteiger partial charge in [0.15, 0.2) is 0 Å². The van der Waals surface area contributed by atoms with Crippen LogP contribution in [0.1, 0.15) is 19.8 Å². The normalized spacial score (nSPS) is 10.1. The molecule has 0 radical (unpaired) electrons. The minimum atomic E-state index is -0.457. The van der Waals surface area contributed by atoms with Crippen molar-refractivity contribution in [3.05, 3.63) is 27.8 Å². The molecule has 1 heterocycles. The van der Waals surface area contributed by atoms with E-state index in [4.69, 9.17) is 23.2 Å². The SMILES string of the molecule is CCCCNC(=O)N=c1cc(Cl)n(O)c(Cl)c1. The van der Waals surface area contributed by atoms with Crippen LogP contribution < -0.4 is 10.7 Å². The zero-order valence-corrected chi connectivity index (χ0v) is 10.8. The molecule has 0 aromatic carbocycles. The quantitative estimate of drug-likeness (QED) is 0.506. The second kappa shape index (κ2) is 6.51. The molecular formula is C10H13Cl2N3O2. The molecule has 1 aromatic heterocycles. The number of aromatic nitrogens is 1. The number of unbranched alkanes of at least 4 members (excludes halogenated alkanes) is 1. The van der Waals surface area contributed by atoms with E-state index in [1.807, 2.05) is 6.92 Å². The fourth-order valence-corrected chi connectivity index (χ4v) is 1.55. The first-order valence-corrected chi connectivity index (χ1v) is 5.90. The maximum Gasteiger partial charge on any atom is 0.341 e. The van der Waals surface area contributed by atoms with Gasteiger partial charge in [0.2, 0.25) is 0 Å². The maximum absolute atomic E-state index is 11.4. The molecule has 1 rings (SSSR count). The van der Waals surface area contributed by atoms with E-state index in [1.54, 1.807) is 0 Å². The molecule has 0 spiro atoms. The van der Waals surface area contributed by atoms with Crippen molar-refractivity contribution >= 4 is 29.2 Å². The van der Waals surface area contributed by atoms with E-state index in [0.29, 0.717) is 16.6 Å². The number of hydrogen-bond acceptors (Lipinski definition) is 2. The summed E-state index contributed by atoms with van der Waals surface area (Å²) in [4.78, 5) is 15.1. The van der Waals surface area contributed by atoms with E-state index in [9.17, 15) is 10.0 Å². The van der Waals surface area contributed by atoms with Gasteiger partial charge in [-0.05, 0) is 6.42 Å². The number of carbonyl (C=O) groups is 1. The van der Waals surface area contributed by atoms with Gasteiger partial charge in [-0.2, -0.15) is 9.72 Å². The van der Waals surface area contributed by atoms with Crippen LogP contribution in [-0.2, 0) is 0 Å². The number of amides is 2. The molecule has 17 heavy (non-hydrogen) atoms. The van der Waals surface area contributed by atoms with Crippen LogP contribution in [0.15, 0.2) is 17.1 Å². The summed E-state index contributed by atoms with van der Waals surface area (Å²) < 4.78 is 0.594. The third-order valence-corrected chi connectivity index (χ3v) is 2.51. The molecule has 94 valence electrons. The number of halogens is 2. The van der Waals surface area contributed by atoms with Crippen LogP contribution in [0.2, 0.25) is 10.3 Å². The molecule has 0 unspecified atom stereocenters. The summed E-state index contributed by atoms with van der Waals surface area (Å²) in [6.07, 6.45) is 1.89. The third-order valence-electron chi connectivity index (χ3n) is 1.98. The first kappa shape index (κ1) is 13.9. The number of pyridine rings is 1. The highest BCUT2D eigenvalue weighted by atomic mass is 35.5. The molecule has 0 saturated carbocycles. The van der Waals surface area contributed by atoms with Gasteiger partial charge in [0.05, 0.1) is 5.36 Å². The van der Waals surface area contributed by atoms with Gasteiger partial charge in [0, 0.05) is 18.7 Å². The van der Waals surface area contributed by atoms with Gasteiger partial charge in [-0.3, -0.25) is 0 Å². The molecule has 0 fully saturated rings. The number of nitrogens with one attached hydrogen (secondary N) is 1. The summed E-state index contributed by atoms with van der Waals surface area (Å²) in [7, 11) is 0. The molecule has 0 saturated heterocycles. The minimum absolute atomic E-state index is 0.0161. The maximum atomic E-state index is 11.4. The van der Waals surface area contributed by atoms with Crippen LogP contribution in [0.5, 0.6) is 0 Å². The lowest BCUT2D eigenvalue weighted by atomic mass is 10.3. The summed E-state index contributed by atoms with van der Waals surface area (Å²) in [5.74, 6) is 0. The first-order valence-electron chi connectivity index (χ1n) is 5.14. The second-order valence-corrected chi connectivity index (χ2v) is 4.14. The van der Waals surface area contributed by atoms with E-state index in [1.165, 1.54) is 12.1 Å². The smallest absolute Gasteiger partial charge is 0.341 e. The van der Waals surface area contributed by atoms with Crippen LogP contribution in [-0.4, -0.2) is 22.5 Å². The Hall–Kier alpha value is -1.20. The van der Waals surface area contributed by atoms with Crippen molar-refractivity contribution in [1.29, 1.82) is 0 Å². The van der Waals surface area contributed by atoms with Crippen LogP contribution in [0.25, 0.3) is 0 Å².